The van der Waals surface area contributed by atoms with E-state index in [0.29, 0.717) is 12.8 Å². The van der Waals surface area contributed by atoms with E-state index in [1.165, 1.54) is 0 Å². The van der Waals surface area contributed by atoms with Gasteiger partial charge < -0.3 is 15.3 Å². The second kappa shape index (κ2) is 7.59. The number of hydrogen-bond donors (Lipinski definition) is 3. The van der Waals surface area contributed by atoms with E-state index in [1.54, 1.807) is 12.1 Å². The van der Waals surface area contributed by atoms with E-state index in [9.17, 15) is 15.3 Å². The molecule has 0 aliphatic heterocycles. The molecule has 0 aliphatic rings. The molecule has 0 unspecified atom stereocenters. The molecule has 146 valence electrons. The Morgan fingerprint density at radius 3 is 1.25 bits per heavy atom. The van der Waals surface area contributed by atoms with Gasteiger partial charge in [0.2, 0.25) is 0 Å². The molecule has 0 saturated heterocycles. The monoisotopic (exact) mass is 376 g/mol. The predicted molar refractivity (Wildman–Crippen MR) is 114 cm³/mol. The van der Waals surface area contributed by atoms with Crippen molar-refractivity contribution in [3.8, 4) is 17.2 Å². The van der Waals surface area contributed by atoms with Crippen molar-refractivity contribution in [2.75, 3.05) is 0 Å². The highest BCUT2D eigenvalue weighted by atomic mass is 16.3. The summed E-state index contributed by atoms with van der Waals surface area (Å²) in [6, 6.07) is 11.4. The number of phenols is 3. The predicted octanol–water partition coefficient (Wildman–Crippen LogP) is 5.53. The fourth-order valence-corrected chi connectivity index (χ4v) is 3.62. The Kier molecular flexibility index (Phi) is 5.37. The lowest BCUT2D eigenvalue weighted by Gasteiger charge is -2.15. The zero-order valence-corrected chi connectivity index (χ0v) is 17.2. The summed E-state index contributed by atoms with van der Waals surface area (Å²) in [5.74, 6) is 0.718. The van der Waals surface area contributed by atoms with E-state index in [2.05, 4.69) is 0 Å². The van der Waals surface area contributed by atoms with E-state index in [0.717, 1.165) is 50.1 Å². The first kappa shape index (κ1) is 19.8. The minimum Gasteiger partial charge on any atom is -0.508 e. The number of aryl methyl sites for hydroxylation is 5. The zero-order chi connectivity index (χ0) is 20.6. The van der Waals surface area contributed by atoms with E-state index in [-0.39, 0.29) is 17.2 Å². The van der Waals surface area contributed by atoms with Crippen molar-refractivity contribution in [2.45, 2.75) is 47.5 Å². The van der Waals surface area contributed by atoms with Crippen LogP contribution in [0.2, 0.25) is 0 Å². The molecule has 28 heavy (non-hydrogen) atoms. The van der Waals surface area contributed by atoms with Gasteiger partial charge in [-0.2, -0.15) is 0 Å². The van der Waals surface area contributed by atoms with Crippen LogP contribution in [-0.2, 0) is 12.8 Å². The van der Waals surface area contributed by atoms with E-state index >= 15 is 0 Å². The fraction of sp³-hybridized carbons (Fsp3) is 0.280. The summed E-state index contributed by atoms with van der Waals surface area (Å²) in [4.78, 5) is 0. The molecule has 3 N–H and O–H groups in total. The SMILES string of the molecule is Cc1cc(Cc2cc(C)c(C)cc2O)c(O)c(Cc2cc(C)c(C)cc2O)c1. The highest BCUT2D eigenvalue weighted by Gasteiger charge is 2.15. The van der Waals surface area contributed by atoms with Gasteiger partial charge in [-0.25, -0.2) is 0 Å². The van der Waals surface area contributed by atoms with E-state index < -0.39 is 0 Å². The minimum atomic E-state index is 0.223. The summed E-state index contributed by atoms with van der Waals surface area (Å²) in [6.45, 7) is 9.96. The van der Waals surface area contributed by atoms with Crippen LogP contribution < -0.4 is 0 Å². The Labute approximate surface area is 166 Å². The number of hydrogen-bond acceptors (Lipinski definition) is 3. The Morgan fingerprint density at radius 1 is 0.500 bits per heavy atom. The van der Waals surface area contributed by atoms with Crippen molar-refractivity contribution < 1.29 is 15.3 Å². The molecule has 0 spiro atoms. The Balaban J connectivity index is 1.99. The van der Waals surface area contributed by atoms with Gasteiger partial charge in [0.05, 0.1) is 0 Å². The fourth-order valence-electron chi connectivity index (χ4n) is 3.62. The third-order valence-electron chi connectivity index (χ3n) is 5.56. The maximum atomic E-state index is 10.9. The Hall–Kier alpha value is -2.94. The molecule has 0 atom stereocenters. The van der Waals surface area contributed by atoms with Gasteiger partial charge in [-0.3, -0.25) is 0 Å². The second-order valence-electron chi connectivity index (χ2n) is 7.92. The van der Waals surface area contributed by atoms with Crippen LogP contribution in [-0.4, -0.2) is 15.3 Å². The van der Waals surface area contributed by atoms with Crippen LogP contribution in [0.5, 0.6) is 17.2 Å². The minimum absolute atomic E-state index is 0.223. The summed E-state index contributed by atoms with van der Waals surface area (Å²) in [7, 11) is 0. The van der Waals surface area contributed by atoms with Gasteiger partial charge in [0.15, 0.2) is 0 Å². The summed E-state index contributed by atoms with van der Waals surface area (Å²) in [6.07, 6.45) is 0.902. The molecular weight excluding hydrogens is 348 g/mol. The van der Waals surface area contributed by atoms with Crippen LogP contribution in [0.3, 0.4) is 0 Å². The number of rotatable bonds is 4. The highest BCUT2D eigenvalue weighted by Crippen LogP contribution is 2.33. The van der Waals surface area contributed by atoms with Crippen molar-refractivity contribution in [3.63, 3.8) is 0 Å². The van der Waals surface area contributed by atoms with Crippen LogP contribution >= 0.6 is 0 Å². The first-order chi connectivity index (χ1) is 13.2. The summed E-state index contributed by atoms with van der Waals surface area (Å²) < 4.78 is 0. The molecule has 3 aromatic rings. The van der Waals surface area contributed by atoms with Crippen LogP contribution in [0.1, 0.15) is 50.1 Å². The lowest BCUT2D eigenvalue weighted by atomic mass is 9.93. The summed E-state index contributed by atoms with van der Waals surface area (Å²) in [5.41, 5.74) is 8.48. The Bertz CT molecular complexity index is 968. The van der Waals surface area contributed by atoms with Crippen molar-refractivity contribution in [3.05, 3.63) is 86.5 Å². The van der Waals surface area contributed by atoms with Crippen molar-refractivity contribution in [2.24, 2.45) is 0 Å². The quantitative estimate of drug-likeness (QED) is 0.561. The Morgan fingerprint density at radius 2 is 0.857 bits per heavy atom. The highest BCUT2D eigenvalue weighted by molar-refractivity contribution is 5.52. The zero-order valence-electron chi connectivity index (χ0n) is 17.2. The molecule has 0 heterocycles. The molecule has 0 fully saturated rings. The van der Waals surface area contributed by atoms with E-state index in [1.807, 2.05) is 58.9 Å². The molecule has 3 nitrogen and oxygen atoms in total. The van der Waals surface area contributed by atoms with Crippen LogP contribution in [0.15, 0.2) is 36.4 Å². The third-order valence-corrected chi connectivity index (χ3v) is 5.56. The summed E-state index contributed by atoms with van der Waals surface area (Å²) in [5, 5.41) is 31.5. The van der Waals surface area contributed by atoms with Crippen LogP contribution in [0.4, 0.5) is 0 Å². The van der Waals surface area contributed by atoms with Gasteiger partial charge in [-0.1, -0.05) is 29.8 Å². The van der Waals surface area contributed by atoms with Crippen molar-refractivity contribution in [1.82, 2.24) is 0 Å². The smallest absolute Gasteiger partial charge is 0.122 e. The first-order valence-electron chi connectivity index (χ1n) is 9.55. The maximum Gasteiger partial charge on any atom is 0.122 e. The second-order valence-corrected chi connectivity index (χ2v) is 7.92. The first-order valence-corrected chi connectivity index (χ1v) is 9.55. The molecule has 0 bridgehead atoms. The molecule has 3 aromatic carbocycles. The molecule has 0 amide bonds. The van der Waals surface area contributed by atoms with Gasteiger partial charge in [0, 0.05) is 12.8 Å². The van der Waals surface area contributed by atoms with Crippen LogP contribution in [0.25, 0.3) is 0 Å². The average molecular weight is 376 g/mol. The topological polar surface area (TPSA) is 60.7 Å². The molecule has 0 aromatic heterocycles. The molecule has 3 heteroatoms. The lowest BCUT2D eigenvalue weighted by molar-refractivity contribution is 0.456. The molecular formula is C25H28O3. The van der Waals surface area contributed by atoms with E-state index in [4.69, 9.17) is 0 Å². The van der Waals surface area contributed by atoms with Crippen molar-refractivity contribution >= 4 is 0 Å². The van der Waals surface area contributed by atoms with Gasteiger partial charge in [-0.15, -0.1) is 0 Å². The number of aromatic hydroxyl groups is 3. The number of phenolic OH excluding ortho intramolecular Hbond substituents is 3. The molecule has 0 aliphatic carbocycles. The standard InChI is InChI=1S/C25H28O3/c1-14-6-21(12-19-8-15(2)17(4)10-23(19)26)25(28)22(7-14)13-20-9-16(3)18(5)11-24(20)27/h6-11,26-28H,12-13H2,1-5H3. The molecule has 0 radical (unpaired) electrons. The normalized spacial score (nSPS) is 11.0. The molecule has 3 rings (SSSR count). The summed E-state index contributed by atoms with van der Waals surface area (Å²) >= 11 is 0. The molecule has 0 saturated carbocycles. The van der Waals surface area contributed by atoms with Gasteiger partial charge in [-0.05, 0) is 91.3 Å². The third kappa shape index (κ3) is 3.99. The lowest BCUT2D eigenvalue weighted by Crippen LogP contribution is -1.98. The maximum absolute atomic E-state index is 10.9. The largest absolute Gasteiger partial charge is 0.508 e. The van der Waals surface area contributed by atoms with Crippen molar-refractivity contribution in [1.29, 1.82) is 0 Å². The van der Waals surface area contributed by atoms with Gasteiger partial charge in [0.25, 0.3) is 0 Å². The van der Waals surface area contributed by atoms with Crippen LogP contribution in [0, 0.1) is 34.6 Å². The average Bonchev–Trinajstić information content (AvgIpc) is 2.61. The van der Waals surface area contributed by atoms with Gasteiger partial charge >= 0.3 is 0 Å². The number of benzene rings is 3. The van der Waals surface area contributed by atoms with Gasteiger partial charge in [0.1, 0.15) is 17.2 Å².